The van der Waals surface area contributed by atoms with Crippen molar-refractivity contribution in [1.82, 2.24) is 20.4 Å². The van der Waals surface area contributed by atoms with E-state index < -0.39 is 12.2 Å². The van der Waals surface area contributed by atoms with Crippen LogP contribution in [-0.2, 0) is 9.53 Å². The van der Waals surface area contributed by atoms with Crippen LogP contribution in [0.5, 0.6) is 0 Å². The van der Waals surface area contributed by atoms with Crippen molar-refractivity contribution in [2.45, 2.75) is 49.9 Å². The fraction of sp³-hybridized carbons (Fsp3) is 0.944. The van der Waals surface area contributed by atoms with Crippen LogP contribution in [0.3, 0.4) is 0 Å². The molecular formula is C18H31F3N4O2. The lowest BCUT2D eigenvalue weighted by atomic mass is 9.90. The van der Waals surface area contributed by atoms with Gasteiger partial charge >= 0.3 is 6.18 Å². The van der Waals surface area contributed by atoms with Crippen molar-refractivity contribution >= 4 is 5.91 Å². The molecule has 1 amide bonds. The fourth-order valence-electron chi connectivity index (χ4n) is 4.69. The average Bonchev–Trinajstić information content (AvgIpc) is 3.12. The largest absolute Gasteiger partial charge is 0.405 e. The van der Waals surface area contributed by atoms with Gasteiger partial charge < -0.3 is 15.4 Å². The number of carbonyl (C=O) groups excluding carboxylic acids is 1. The molecule has 6 nitrogen and oxygen atoms in total. The number of hydrogen-bond donors (Lipinski definition) is 2. The van der Waals surface area contributed by atoms with Crippen molar-refractivity contribution in [2.24, 2.45) is 0 Å². The number of hydrogen-bond acceptors (Lipinski definition) is 5. The van der Waals surface area contributed by atoms with Gasteiger partial charge in [0, 0.05) is 57.8 Å². The average molecular weight is 392 g/mol. The molecular weight excluding hydrogens is 361 g/mol. The molecule has 0 aromatic rings. The van der Waals surface area contributed by atoms with Gasteiger partial charge in [0.1, 0.15) is 6.04 Å². The van der Waals surface area contributed by atoms with Crippen molar-refractivity contribution in [3.8, 4) is 0 Å². The van der Waals surface area contributed by atoms with Crippen molar-refractivity contribution in [3.05, 3.63) is 0 Å². The molecule has 3 aliphatic rings. The highest BCUT2D eigenvalue weighted by atomic mass is 19.4. The van der Waals surface area contributed by atoms with E-state index in [1.54, 1.807) is 0 Å². The van der Waals surface area contributed by atoms with E-state index in [2.05, 4.69) is 15.5 Å². The van der Waals surface area contributed by atoms with Gasteiger partial charge in [-0.2, -0.15) is 13.2 Å². The first-order valence-electron chi connectivity index (χ1n) is 10.0. The maximum atomic E-state index is 13.5. The third-order valence-electron chi connectivity index (χ3n) is 6.17. The maximum Gasteiger partial charge on any atom is 0.405 e. The molecule has 0 spiro atoms. The Balaban J connectivity index is 1.57. The molecule has 27 heavy (non-hydrogen) atoms. The Hall–Kier alpha value is -0.900. The third-order valence-corrected chi connectivity index (χ3v) is 6.17. The minimum atomic E-state index is -4.35. The molecule has 2 aliphatic heterocycles. The van der Waals surface area contributed by atoms with Crippen LogP contribution < -0.4 is 10.6 Å². The molecule has 3 rings (SSSR count). The van der Waals surface area contributed by atoms with Crippen LogP contribution in [0.15, 0.2) is 0 Å². The molecule has 1 aliphatic carbocycles. The van der Waals surface area contributed by atoms with Gasteiger partial charge in [-0.1, -0.05) is 12.8 Å². The zero-order valence-corrected chi connectivity index (χ0v) is 15.8. The summed E-state index contributed by atoms with van der Waals surface area (Å²) in [5.74, 6) is -0.271. The van der Waals surface area contributed by atoms with Crippen LogP contribution in [0.2, 0.25) is 0 Å². The van der Waals surface area contributed by atoms with E-state index in [9.17, 15) is 18.0 Å². The Kier molecular flexibility index (Phi) is 6.99. The molecule has 0 aromatic carbocycles. The monoisotopic (exact) mass is 392 g/mol. The van der Waals surface area contributed by atoms with E-state index >= 15 is 0 Å². The molecule has 1 unspecified atom stereocenters. The van der Waals surface area contributed by atoms with Gasteiger partial charge in [0.05, 0.1) is 13.2 Å². The third kappa shape index (κ3) is 5.34. The fourth-order valence-corrected chi connectivity index (χ4v) is 4.69. The summed E-state index contributed by atoms with van der Waals surface area (Å²) in [4.78, 5) is 16.3. The Labute approximate surface area is 158 Å². The van der Waals surface area contributed by atoms with Crippen molar-refractivity contribution < 1.29 is 22.7 Å². The highest BCUT2D eigenvalue weighted by Crippen LogP contribution is 2.38. The summed E-state index contributed by atoms with van der Waals surface area (Å²) in [6.07, 6.45) is -0.0754. The van der Waals surface area contributed by atoms with Crippen molar-refractivity contribution in [2.75, 3.05) is 59.0 Å². The van der Waals surface area contributed by atoms with E-state index in [-0.39, 0.29) is 24.4 Å². The highest BCUT2D eigenvalue weighted by Gasteiger charge is 2.45. The Bertz CT molecular complexity index is 485. The standard InChI is InChI=1S/C18H31F3N4O2/c19-18(20,21)15(24-7-5-22-6-8-24)14-23-16(26)13-17(3-1-2-4-17)25-9-11-27-12-10-25/h15,22H,1-14H2,(H,23,26). The molecule has 2 N–H and O–H groups in total. The topological polar surface area (TPSA) is 56.8 Å². The molecule has 0 radical (unpaired) electrons. The van der Waals surface area contributed by atoms with E-state index in [1.807, 2.05) is 0 Å². The predicted molar refractivity (Wildman–Crippen MR) is 95.5 cm³/mol. The number of alkyl halides is 3. The maximum absolute atomic E-state index is 13.5. The lowest BCUT2D eigenvalue weighted by Crippen LogP contribution is -2.58. The van der Waals surface area contributed by atoms with Gasteiger partial charge in [-0.3, -0.25) is 14.6 Å². The number of morpholine rings is 1. The van der Waals surface area contributed by atoms with Crippen LogP contribution in [0.4, 0.5) is 13.2 Å². The summed E-state index contributed by atoms with van der Waals surface area (Å²) in [5.41, 5.74) is -0.212. The number of amides is 1. The van der Waals surface area contributed by atoms with Crippen LogP contribution in [0, 0.1) is 0 Å². The Morgan fingerprint density at radius 2 is 1.74 bits per heavy atom. The summed E-state index contributed by atoms with van der Waals surface area (Å²) < 4.78 is 45.9. The van der Waals surface area contributed by atoms with Gasteiger partial charge in [0.15, 0.2) is 0 Å². The Morgan fingerprint density at radius 3 is 2.33 bits per heavy atom. The zero-order valence-electron chi connectivity index (χ0n) is 15.8. The second-order valence-corrected chi connectivity index (χ2v) is 7.86. The minimum absolute atomic E-state index is 0.212. The smallest absolute Gasteiger partial charge is 0.379 e. The van der Waals surface area contributed by atoms with Crippen molar-refractivity contribution in [1.29, 1.82) is 0 Å². The van der Waals surface area contributed by atoms with Crippen LogP contribution in [-0.4, -0.2) is 92.5 Å². The first kappa shape index (κ1) is 20.8. The van der Waals surface area contributed by atoms with Crippen LogP contribution in [0.1, 0.15) is 32.1 Å². The molecule has 0 bridgehead atoms. The van der Waals surface area contributed by atoms with Gasteiger partial charge in [-0.15, -0.1) is 0 Å². The zero-order chi connectivity index (χ0) is 19.3. The molecule has 9 heteroatoms. The highest BCUT2D eigenvalue weighted by molar-refractivity contribution is 5.77. The molecule has 0 aromatic heterocycles. The summed E-state index contributed by atoms with van der Waals surface area (Å²) in [6.45, 7) is 4.29. The lowest BCUT2D eigenvalue weighted by molar-refractivity contribution is -0.184. The summed E-state index contributed by atoms with van der Waals surface area (Å²) in [7, 11) is 0. The van der Waals surface area contributed by atoms with E-state index in [0.29, 0.717) is 39.4 Å². The number of rotatable bonds is 6. The molecule has 156 valence electrons. The number of nitrogens with one attached hydrogen (secondary N) is 2. The second kappa shape index (κ2) is 9.07. The number of nitrogens with zero attached hydrogens (tertiary/aromatic N) is 2. The number of carbonyl (C=O) groups is 1. The number of ether oxygens (including phenoxy) is 1. The van der Waals surface area contributed by atoms with Gasteiger partial charge in [0.25, 0.3) is 0 Å². The van der Waals surface area contributed by atoms with Crippen molar-refractivity contribution in [3.63, 3.8) is 0 Å². The molecule has 1 atom stereocenters. The Morgan fingerprint density at radius 1 is 1.11 bits per heavy atom. The summed E-state index contributed by atoms with van der Waals surface area (Å²) in [6, 6.07) is -1.62. The van der Waals surface area contributed by atoms with Gasteiger partial charge in [0.2, 0.25) is 5.91 Å². The number of piperazine rings is 1. The quantitative estimate of drug-likeness (QED) is 0.706. The van der Waals surface area contributed by atoms with Crippen LogP contribution in [0.25, 0.3) is 0 Å². The van der Waals surface area contributed by atoms with E-state index in [1.165, 1.54) is 4.90 Å². The first-order chi connectivity index (χ1) is 12.9. The molecule has 3 fully saturated rings. The molecule has 1 saturated carbocycles. The molecule has 2 saturated heterocycles. The normalized spacial score (nSPS) is 26.0. The van der Waals surface area contributed by atoms with Gasteiger partial charge in [-0.25, -0.2) is 0 Å². The van der Waals surface area contributed by atoms with E-state index in [4.69, 9.17) is 4.74 Å². The first-order valence-corrected chi connectivity index (χ1v) is 10.0. The SMILES string of the molecule is O=C(CC1(N2CCOCC2)CCCC1)NCC(N1CCNCC1)C(F)(F)F. The molecule has 2 heterocycles. The lowest BCUT2D eigenvalue weighted by Gasteiger charge is -2.43. The van der Waals surface area contributed by atoms with Crippen LogP contribution >= 0.6 is 0 Å². The summed E-state index contributed by atoms with van der Waals surface area (Å²) in [5, 5.41) is 5.66. The van der Waals surface area contributed by atoms with E-state index in [0.717, 1.165) is 38.8 Å². The minimum Gasteiger partial charge on any atom is -0.379 e. The number of halogens is 3. The second-order valence-electron chi connectivity index (χ2n) is 7.86. The van der Waals surface area contributed by atoms with Gasteiger partial charge in [-0.05, 0) is 12.8 Å². The summed E-state index contributed by atoms with van der Waals surface area (Å²) >= 11 is 0. The predicted octanol–water partition coefficient (Wildman–Crippen LogP) is 0.974.